The van der Waals surface area contributed by atoms with Gasteiger partial charge in [0.1, 0.15) is 0 Å². The Balaban J connectivity index is 4.83. The Morgan fingerprint density at radius 3 is 1.92 bits per heavy atom. The summed E-state index contributed by atoms with van der Waals surface area (Å²) in [6, 6.07) is 0. The number of nitrogens with two attached hydrogens (primary N) is 1. The van der Waals surface area contributed by atoms with E-state index < -0.39 is 29.1 Å². The summed E-state index contributed by atoms with van der Waals surface area (Å²) in [6.07, 6.45) is -0.469. The molecule has 0 spiro atoms. The summed E-state index contributed by atoms with van der Waals surface area (Å²) in [5.74, 6) is 0. The molecule has 0 aliphatic carbocycles. The molecular formula is C3H10NO6PS. The van der Waals surface area contributed by atoms with Gasteiger partial charge >= 0.3 is 7.60 Å². The Morgan fingerprint density at radius 1 is 1.42 bits per heavy atom. The Morgan fingerprint density at radius 2 is 1.83 bits per heavy atom. The van der Waals surface area contributed by atoms with Crippen molar-refractivity contribution >= 4 is 17.7 Å². The van der Waals surface area contributed by atoms with Crippen molar-refractivity contribution in [2.24, 2.45) is 5.73 Å². The van der Waals surface area contributed by atoms with Crippen LogP contribution in [0.5, 0.6) is 0 Å². The highest BCUT2D eigenvalue weighted by atomic mass is 32.2. The molecule has 0 aromatic rings. The summed E-state index contributed by atoms with van der Waals surface area (Å²) in [5, 5.41) is 0. The maximum atomic E-state index is 10.5. The van der Waals surface area contributed by atoms with Crippen molar-refractivity contribution in [3.05, 3.63) is 0 Å². The van der Waals surface area contributed by atoms with Gasteiger partial charge in [0.15, 0.2) is 4.99 Å². The fraction of sp³-hybridized carbons (Fsp3) is 1.00. The van der Waals surface area contributed by atoms with E-state index >= 15 is 0 Å². The van der Waals surface area contributed by atoms with E-state index in [1.807, 2.05) is 0 Å². The Bertz CT molecular complexity index is 279. The maximum absolute atomic E-state index is 10.5. The molecular weight excluding hydrogens is 209 g/mol. The smallest absolute Gasteiger partial charge is 0.330 e. The Hall–Kier alpha value is 0.0200. The lowest BCUT2D eigenvalue weighted by atomic mass is 10.5. The molecule has 0 amide bonds. The van der Waals surface area contributed by atoms with Crippen LogP contribution in [0.2, 0.25) is 0 Å². The summed E-state index contributed by atoms with van der Waals surface area (Å²) < 4.78 is 39.6. The molecule has 0 bridgehead atoms. The first-order valence-corrected chi connectivity index (χ1v) is 6.09. The van der Waals surface area contributed by atoms with Crippen LogP contribution >= 0.6 is 7.60 Å². The molecule has 1 unspecified atom stereocenters. The van der Waals surface area contributed by atoms with Gasteiger partial charge in [-0.15, -0.1) is 0 Å². The molecule has 0 saturated heterocycles. The standard InChI is InChI=1S/C3H10NO6PS/c4-2-1-3(11(5,6)7)12(8,9)10/h3H,1-2,4H2,(H2,5,6,7)(H,8,9,10). The lowest BCUT2D eigenvalue weighted by Gasteiger charge is -2.13. The van der Waals surface area contributed by atoms with Crippen molar-refractivity contribution in [2.75, 3.05) is 6.54 Å². The van der Waals surface area contributed by atoms with Gasteiger partial charge in [-0.25, -0.2) is 0 Å². The minimum Gasteiger partial charge on any atom is -0.330 e. The Labute approximate surface area is 69.5 Å². The molecule has 0 aromatic carbocycles. The van der Waals surface area contributed by atoms with Crippen molar-refractivity contribution in [3.8, 4) is 0 Å². The molecule has 0 aliphatic rings. The molecule has 5 N–H and O–H groups in total. The molecule has 74 valence electrons. The first-order chi connectivity index (χ1) is 5.19. The number of hydrogen-bond donors (Lipinski definition) is 4. The van der Waals surface area contributed by atoms with Gasteiger partial charge in [0.05, 0.1) is 0 Å². The molecule has 9 heteroatoms. The Kier molecular flexibility index (Phi) is 3.83. The molecule has 0 fully saturated rings. The molecule has 0 aromatic heterocycles. The average molecular weight is 219 g/mol. The molecule has 12 heavy (non-hydrogen) atoms. The summed E-state index contributed by atoms with van der Waals surface area (Å²) in [7, 11) is -9.56. The minimum absolute atomic E-state index is 0.227. The van der Waals surface area contributed by atoms with Gasteiger partial charge < -0.3 is 15.5 Å². The van der Waals surface area contributed by atoms with Crippen LogP contribution in [0.1, 0.15) is 6.42 Å². The number of hydrogen-bond acceptors (Lipinski definition) is 4. The molecule has 0 saturated carbocycles. The zero-order valence-corrected chi connectivity index (χ0v) is 7.70. The SMILES string of the molecule is NCCC(P(=O)(O)O)S(=O)(=O)O. The zero-order valence-electron chi connectivity index (χ0n) is 5.99. The number of rotatable bonds is 4. The van der Waals surface area contributed by atoms with Gasteiger partial charge in [-0.3, -0.25) is 9.12 Å². The normalized spacial score (nSPS) is 16.0. The zero-order chi connectivity index (χ0) is 9.99. The van der Waals surface area contributed by atoms with Crippen LogP contribution in [-0.4, -0.2) is 34.3 Å². The third-order valence-electron chi connectivity index (χ3n) is 1.13. The topological polar surface area (TPSA) is 138 Å². The van der Waals surface area contributed by atoms with Gasteiger partial charge in [0, 0.05) is 0 Å². The highest BCUT2D eigenvalue weighted by molar-refractivity contribution is 7.93. The van der Waals surface area contributed by atoms with E-state index in [1.165, 1.54) is 0 Å². The van der Waals surface area contributed by atoms with Gasteiger partial charge in [-0.1, -0.05) is 0 Å². The first-order valence-electron chi connectivity index (χ1n) is 2.91. The highest BCUT2D eigenvalue weighted by Gasteiger charge is 2.38. The van der Waals surface area contributed by atoms with Crippen molar-refractivity contribution in [1.29, 1.82) is 0 Å². The molecule has 0 rings (SSSR count). The van der Waals surface area contributed by atoms with E-state index in [9.17, 15) is 13.0 Å². The lowest BCUT2D eigenvalue weighted by molar-refractivity contribution is 0.361. The van der Waals surface area contributed by atoms with Gasteiger partial charge in [-0.2, -0.15) is 8.42 Å². The molecule has 0 aliphatic heterocycles. The third-order valence-corrected chi connectivity index (χ3v) is 4.69. The van der Waals surface area contributed by atoms with Gasteiger partial charge in [0.2, 0.25) is 0 Å². The van der Waals surface area contributed by atoms with Crippen LogP contribution in [0.25, 0.3) is 0 Å². The first kappa shape index (κ1) is 12.0. The van der Waals surface area contributed by atoms with Crippen LogP contribution in [0.15, 0.2) is 0 Å². The van der Waals surface area contributed by atoms with Gasteiger partial charge in [0.25, 0.3) is 10.1 Å². The summed E-state index contributed by atoms with van der Waals surface area (Å²) in [5.41, 5.74) is 4.90. The maximum Gasteiger partial charge on any atom is 0.346 e. The van der Waals surface area contributed by atoms with Crippen molar-refractivity contribution in [3.63, 3.8) is 0 Å². The second-order valence-corrected chi connectivity index (χ2v) is 5.89. The fourth-order valence-corrected chi connectivity index (χ4v) is 2.94. The monoisotopic (exact) mass is 219 g/mol. The van der Waals surface area contributed by atoms with Crippen LogP contribution in [0.4, 0.5) is 0 Å². The van der Waals surface area contributed by atoms with Crippen molar-refractivity contribution < 1.29 is 27.3 Å². The summed E-state index contributed by atoms with van der Waals surface area (Å²) in [4.78, 5) is 14.8. The molecule has 1 atom stereocenters. The molecule has 7 nitrogen and oxygen atoms in total. The second kappa shape index (κ2) is 3.82. The van der Waals surface area contributed by atoms with Crippen LogP contribution in [0.3, 0.4) is 0 Å². The van der Waals surface area contributed by atoms with Crippen LogP contribution < -0.4 is 5.73 Å². The highest BCUT2D eigenvalue weighted by Crippen LogP contribution is 2.45. The summed E-state index contributed by atoms with van der Waals surface area (Å²) >= 11 is 0. The predicted octanol–water partition coefficient (Wildman–Crippen LogP) is -1.27. The molecule has 0 heterocycles. The van der Waals surface area contributed by atoms with E-state index in [0.717, 1.165) is 0 Å². The van der Waals surface area contributed by atoms with E-state index in [-0.39, 0.29) is 6.54 Å². The van der Waals surface area contributed by atoms with E-state index in [2.05, 4.69) is 0 Å². The predicted molar refractivity (Wildman–Crippen MR) is 41.1 cm³/mol. The van der Waals surface area contributed by atoms with E-state index in [1.54, 1.807) is 0 Å². The van der Waals surface area contributed by atoms with Crippen LogP contribution in [-0.2, 0) is 14.7 Å². The summed E-state index contributed by atoms with van der Waals surface area (Å²) in [6.45, 7) is -0.227. The average Bonchev–Trinajstić information content (AvgIpc) is 1.77. The van der Waals surface area contributed by atoms with Crippen molar-refractivity contribution in [1.82, 2.24) is 0 Å². The quantitative estimate of drug-likeness (QED) is 0.341. The van der Waals surface area contributed by atoms with E-state index in [4.69, 9.17) is 20.1 Å². The third kappa shape index (κ3) is 3.61. The molecule has 0 radical (unpaired) electrons. The lowest BCUT2D eigenvalue weighted by Crippen LogP contribution is -2.23. The van der Waals surface area contributed by atoms with Gasteiger partial charge in [-0.05, 0) is 13.0 Å². The van der Waals surface area contributed by atoms with Crippen LogP contribution in [0, 0.1) is 0 Å². The fourth-order valence-electron chi connectivity index (χ4n) is 0.633. The minimum atomic E-state index is -4.83. The van der Waals surface area contributed by atoms with Crippen molar-refractivity contribution in [2.45, 2.75) is 11.4 Å². The second-order valence-electron chi connectivity index (χ2n) is 2.14. The van der Waals surface area contributed by atoms with E-state index in [0.29, 0.717) is 0 Å². The largest absolute Gasteiger partial charge is 0.346 e.